The highest BCUT2D eigenvalue weighted by molar-refractivity contribution is 7.89. The van der Waals surface area contributed by atoms with Gasteiger partial charge in [0.05, 0.1) is 16.7 Å². The summed E-state index contributed by atoms with van der Waals surface area (Å²) in [6.07, 6.45) is 3.05. The van der Waals surface area contributed by atoms with Crippen molar-refractivity contribution in [3.05, 3.63) is 18.2 Å². The third-order valence-electron chi connectivity index (χ3n) is 4.23. The molecule has 0 aromatic heterocycles. The number of benzene rings is 1. The molecular formula is C20H32N2O4S. The largest absolute Gasteiger partial charge is 0.489 e. The van der Waals surface area contributed by atoms with Crippen molar-refractivity contribution in [3.63, 3.8) is 0 Å². The van der Waals surface area contributed by atoms with E-state index in [4.69, 9.17) is 4.74 Å². The molecule has 1 heterocycles. The Labute approximate surface area is 163 Å². The lowest BCUT2D eigenvalue weighted by Gasteiger charge is -2.26. The number of carbonyl (C=O) groups excluding carboxylic acids is 1. The third-order valence-corrected chi connectivity index (χ3v) is 6.13. The molecule has 152 valence electrons. The molecule has 1 amide bonds. The van der Waals surface area contributed by atoms with Crippen LogP contribution in [0.4, 0.5) is 5.69 Å². The standard InChI is InChI=1S/C20H32N2O4S/c1-15(2)26-18-10-9-16(27(24,25)22-11-7-6-8-12-22)13-17(18)21-19(23)14-20(3,4)5/h9-10,13,15H,6-8,11-12,14H2,1-5H3,(H,21,23). The minimum absolute atomic E-state index is 0.0900. The van der Waals surface area contributed by atoms with Gasteiger partial charge >= 0.3 is 0 Å². The first kappa shape index (κ1) is 21.7. The molecule has 2 rings (SSSR count). The Kier molecular flexibility index (Phi) is 6.92. The van der Waals surface area contributed by atoms with Gasteiger partial charge < -0.3 is 10.1 Å². The number of carbonyl (C=O) groups is 1. The van der Waals surface area contributed by atoms with Gasteiger partial charge in [0.1, 0.15) is 5.75 Å². The number of hydrogen-bond donors (Lipinski definition) is 1. The minimum atomic E-state index is -3.57. The minimum Gasteiger partial charge on any atom is -0.489 e. The van der Waals surface area contributed by atoms with Crippen LogP contribution in [0.1, 0.15) is 60.3 Å². The fourth-order valence-corrected chi connectivity index (χ4v) is 4.60. The molecule has 0 saturated carbocycles. The van der Waals surface area contributed by atoms with Crippen LogP contribution in [-0.2, 0) is 14.8 Å². The summed E-state index contributed by atoms with van der Waals surface area (Å²) in [7, 11) is -3.57. The Hall–Kier alpha value is -1.60. The van der Waals surface area contributed by atoms with E-state index in [0.29, 0.717) is 30.9 Å². The van der Waals surface area contributed by atoms with Crippen LogP contribution in [0.3, 0.4) is 0 Å². The predicted molar refractivity (Wildman–Crippen MR) is 108 cm³/mol. The number of ether oxygens (including phenoxy) is 1. The number of nitrogens with one attached hydrogen (secondary N) is 1. The number of rotatable bonds is 6. The summed E-state index contributed by atoms with van der Waals surface area (Å²) in [5.41, 5.74) is 0.233. The van der Waals surface area contributed by atoms with Crippen molar-refractivity contribution < 1.29 is 17.9 Å². The molecule has 27 heavy (non-hydrogen) atoms. The highest BCUT2D eigenvalue weighted by atomic mass is 32.2. The fourth-order valence-electron chi connectivity index (χ4n) is 3.05. The van der Waals surface area contributed by atoms with E-state index in [2.05, 4.69) is 5.32 Å². The number of piperidine rings is 1. The second-order valence-corrected chi connectivity index (χ2v) is 10.5. The number of nitrogens with zero attached hydrogens (tertiary/aromatic N) is 1. The van der Waals surface area contributed by atoms with Gasteiger partial charge in [-0.15, -0.1) is 0 Å². The first-order valence-corrected chi connectivity index (χ1v) is 11.0. The van der Waals surface area contributed by atoms with E-state index in [9.17, 15) is 13.2 Å². The molecule has 0 aliphatic carbocycles. The van der Waals surface area contributed by atoms with Crippen molar-refractivity contribution in [1.82, 2.24) is 4.31 Å². The van der Waals surface area contributed by atoms with Crippen LogP contribution in [0.25, 0.3) is 0 Å². The van der Waals surface area contributed by atoms with Gasteiger partial charge in [-0.05, 0) is 50.3 Å². The topological polar surface area (TPSA) is 75.7 Å². The van der Waals surface area contributed by atoms with E-state index in [0.717, 1.165) is 19.3 Å². The van der Waals surface area contributed by atoms with Crippen molar-refractivity contribution in [3.8, 4) is 5.75 Å². The summed E-state index contributed by atoms with van der Waals surface area (Å²) >= 11 is 0. The van der Waals surface area contributed by atoms with E-state index in [1.807, 2.05) is 34.6 Å². The van der Waals surface area contributed by atoms with Crippen molar-refractivity contribution in [1.29, 1.82) is 0 Å². The fraction of sp³-hybridized carbons (Fsp3) is 0.650. The summed E-state index contributed by atoms with van der Waals surface area (Å²) in [5.74, 6) is 0.313. The Morgan fingerprint density at radius 1 is 1.19 bits per heavy atom. The van der Waals surface area contributed by atoms with Gasteiger partial charge in [0, 0.05) is 19.5 Å². The Morgan fingerprint density at radius 2 is 1.81 bits per heavy atom. The average Bonchev–Trinajstić information content (AvgIpc) is 2.55. The first-order chi connectivity index (χ1) is 12.5. The number of sulfonamides is 1. The van der Waals surface area contributed by atoms with Gasteiger partial charge in [0.15, 0.2) is 0 Å². The SMILES string of the molecule is CC(C)Oc1ccc(S(=O)(=O)N2CCCCC2)cc1NC(=O)CC(C)(C)C. The Morgan fingerprint density at radius 3 is 2.37 bits per heavy atom. The molecule has 1 aromatic carbocycles. The molecule has 1 N–H and O–H groups in total. The molecule has 0 bridgehead atoms. The maximum atomic E-state index is 13.0. The third kappa shape index (κ3) is 6.21. The first-order valence-electron chi connectivity index (χ1n) is 9.60. The van der Waals surface area contributed by atoms with Crippen LogP contribution in [0.2, 0.25) is 0 Å². The van der Waals surface area contributed by atoms with Crippen LogP contribution in [0.5, 0.6) is 5.75 Å². The summed E-state index contributed by atoms with van der Waals surface area (Å²) in [4.78, 5) is 12.6. The number of hydrogen-bond acceptors (Lipinski definition) is 4. The summed E-state index contributed by atoms with van der Waals surface area (Å²) in [6, 6.07) is 4.70. The second-order valence-electron chi connectivity index (χ2n) is 8.57. The van der Waals surface area contributed by atoms with Crippen LogP contribution in [-0.4, -0.2) is 37.8 Å². The second kappa shape index (κ2) is 8.61. The van der Waals surface area contributed by atoms with Crippen molar-refractivity contribution in [2.45, 2.75) is 71.3 Å². The van der Waals surface area contributed by atoms with Crippen LogP contribution >= 0.6 is 0 Å². The summed E-state index contributed by atoms with van der Waals surface area (Å²) in [5, 5.41) is 2.84. The van der Waals surface area contributed by atoms with Gasteiger partial charge in [-0.2, -0.15) is 4.31 Å². The number of anilines is 1. The molecule has 0 unspecified atom stereocenters. The van der Waals surface area contributed by atoms with Crippen molar-refractivity contribution in [2.24, 2.45) is 5.41 Å². The van der Waals surface area contributed by atoms with Gasteiger partial charge in [-0.1, -0.05) is 27.2 Å². The molecule has 1 saturated heterocycles. The van der Waals surface area contributed by atoms with E-state index in [-0.39, 0.29) is 22.3 Å². The number of amides is 1. The van der Waals surface area contributed by atoms with Gasteiger partial charge in [0.2, 0.25) is 15.9 Å². The monoisotopic (exact) mass is 396 g/mol. The normalized spacial score (nSPS) is 16.4. The lowest BCUT2D eigenvalue weighted by Crippen LogP contribution is -2.35. The molecule has 0 radical (unpaired) electrons. The van der Waals surface area contributed by atoms with Crippen LogP contribution in [0, 0.1) is 5.41 Å². The quantitative estimate of drug-likeness (QED) is 0.788. The van der Waals surface area contributed by atoms with Crippen molar-refractivity contribution >= 4 is 21.6 Å². The molecule has 6 nitrogen and oxygen atoms in total. The van der Waals surface area contributed by atoms with E-state index >= 15 is 0 Å². The van der Waals surface area contributed by atoms with Gasteiger partial charge in [0.25, 0.3) is 0 Å². The van der Waals surface area contributed by atoms with E-state index in [1.165, 1.54) is 10.4 Å². The Bertz CT molecular complexity index is 761. The zero-order valence-corrected chi connectivity index (χ0v) is 17.9. The zero-order chi connectivity index (χ0) is 20.2. The Balaban J connectivity index is 2.33. The summed E-state index contributed by atoms with van der Waals surface area (Å²) < 4.78 is 33.2. The maximum absolute atomic E-state index is 13.0. The summed E-state index contributed by atoms with van der Waals surface area (Å²) in [6.45, 7) is 10.8. The molecule has 1 aromatic rings. The van der Waals surface area contributed by atoms with Crippen molar-refractivity contribution in [2.75, 3.05) is 18.4 Å². The van der Waals surface area contributed by atoms with Gasteiger partial charge in [-0.3, -0.25) is 4.79 Å². The highest BCUT2D eigenvalue weighted by Gasteiger charge is 2.27. The van der Waals surface area contributed by atoms with E-state index < -0.39 is 10.0 Å². The average molecular weight is 397 g/mol. The molecule has 1 aliphatic rings. The molecule has 7 heteroatoms. The maximum Gasteiger partial charge on any atom is 0.243 e. The molecular weight excluding hydrogens is 364 g/mol. The molecule has 1 fully saturated rings. The molecule has 0 atom stereocenters. The van der Waals surface area contributed by atoms with Crippen LogP contribution < -0.4 is 10.1 Å². The predicted octanol–water partition coefficient (Wildman–Crippen LogP) is 4.02. The zero-order valence-electron chi connectivity index (χ0n) is 17.0. The molecule has 0 spiro atoms. The van der Waals surface area contributed by atoms with E-state index in [1.54, 1.807) is 12.1 Å². The smallest absolute Gasteiger partial charge is 0.243 e. The molecule has 1 aliphatic heterocycles. The van der Waals surface area contributed by atoms with Gasteiger partial charge in [-0.25, -0.2) is 8.42 Å². The lowest BCUT2D eigenvalue weighted by molar-refractivity contribution is -0.117. The lowest BCUT2D eigenvalue weighted by atomic mass is 9.92. The highest BCUT2D eigenvalue weighted by Crippen LogP contribution is 2.31. The van der Waals surface area contributed by atoms with Crippen LogP contribution in [0.15, 0.2) is 23.1 Å².